The number of nitrogens with zero attached hydrogens (tertiary/aromatic N) is 2. The number of ketones is 1. The summed E-state index contributed by atoms with van der Waals surface area (Å²) in [6.45, 7) is 2.15. The van der Waals surface area contributed by atoms with Crippen molar-refractivity contribution < 1.29 is 19.2 Å². The molecule has 0 fully saturated rings. The van der Waals surface area contributed by atoms with E-state index in [-0.39, 0.29) is 24.8 Å². The Labute approximate surface area is 165 Å². The first-order valence-corrected chi connectivity index (χ1v) is 9.30. The van der Waals surface area contributed by atoms with Crippen LogP contribution >= 0.6 is 15.9 Å². The van der Waals surface area contributed by atoms with Crippen molar-refractivity contribution in [3.8, 4) is 11.3 Å². The monoisotopic (exact) mass is 433 g/mol. The maximum Gasteiger partial charge on any atom is 0.269 e. The van der Waals surface area contributed by atoms with Crippen molar-refractivity contribution in [1.29, 1.82) is 0 Å². The van der Waals surface area contributed by atoms with Crippen LogP contribution in [-0.2, 0) is 4.79 Å². The van der Waals surface area contributed by atoms with E-state index in [0.29, 0.717) is 29.3 Å². The number of rotatable bonds is 6. The molecule has 1 atom stereocenters. The van der Waals surface area contributed by atoms with Gasteiger partial charge in [-0.2, -0.15) is 0 Å². The highest BCUT2D eigenvalue weighted by molar-refractivity contribution is 9.10. The molecular formula is C19H20BrN3O4. The van der Waals surface area contributed by atoms with E-state index in [1.807, 2.05) is 24.3 Å². The zero-order valence-electron chi connectivity index (χ0n) is 15.0. The molecule has 7 nitrogen and oxygen atoms in total. The van der Waals surface area contributed by atoms with Crippen molar-refractivity contribution in [3.63, 3.8) is 0 Å². The molecule has 1 aliphatic rings. The first-order valence-electron chi connectivity index (χ1n) is 8.50. The molecule has 2 N–H and O–H groups in total. The number of hydrogen-bond donors (Lipinski definition) is 2. The fourth-order valence-electron chi connectivity index (χ4n) is 2.96. The fraction of sp³-hybridized carbons (Fsp3) is 0.316. The van der Waals surface area contributed by atoms with Crippen LogP contribution in [0.4, 0.5) is 0 Å². The molecule has 1 unspecified atom stereocenters. The van der Waals surface area contributed by atoms with E-state index in [9.17, 15) is 9.59 Å². The number of hydrogen-bond acceptors (Lipinski definition) is 6. The number of Topliss-reactive ketones (excluding diaryl/α,β-unsaturated/α-hetero) is 1. The van der Waals surface area contributed by atoms with Gasteiger partial charge in [-0.3, -0.25) is 9.59 Å². The minimum atomic E-state index is -0.487. The van der Waals surface area contributed by atoms with Gasteiger partial charge in [0.25, 0.3) is 5.91 Å². The third-order valence-corrected chi connectivity index (χ3v) is 4.99. The Balaban J connectivity index is 1.86. The van der Waals surface area contributed by atoms with Crippen LogP contribution in [0.3, 0.4) is 0 Å². The van der Waals surface area contributed by atoms with Crippen LogP contribution in [0.25, 0.3) is 11.3 Å². The Hall–Kier alpha value is -2.45. The number of carbonyl (C=O) groups excluding carboxylic acids is 2. The Morgan fingerprint density at radius 2 is 2.07 bits per heavy atom. The molecule has 0 aliphatic carbocycles. The van der Waals surface area contributed by atoms with Crippen LogP contribution in [0.2, 0.25) is 0 Å². The summed E-state index contributed by atoms with van der Waals surface area (Å²) in [4.78, 5) is 26.8. The highest BCUT2D eigenvalue weighted by Gasteiger charge is 2.32. The van der Waals surface area contributed by atoms with Gasteiger partial charge in [0.05, 0.1) is 23.8 Å². The van der Waals surface area contributed by atoms with Crippen molar-refractivity contribution in [3.05, 3.63) is 51.8 Å². The van der Waals surface area contributed by atoms with Crippen LogP contribution < -0.4 is 5.32 Å². The minimum absolute atomic E-state index is 0.117. The fourth-order valence-corrected chi connectivity index (χ4v) is 3.23. The predicted octanol–water partition coefficient (Wildman–Crippen LogP) is 2.15. The molecule has 1 aromatic heterocycles. The third-order valence-electron chi connectivity index (χ3n) is 4.46. The quantitative estimate of drug-likeness (QED) is 0.677. The van der Waals surface area contributed by atoms with E-state index in [1.54, 1.807) is 20.0 Å². The smallest absolute Gasteiger partial charge is 0.269 e. The number of halogens is 1. The second kappa shape index (κ2) is 8.06. The normalized spacial score (nSPS) is 16.0. The van der Waals surface area contributed by atoms with Crippen molar-refractivity contribution in [1.82, 2.24) is 15.4 Å². The highest BCUT2D eigenvalue weighted by Crippen LogP contribution is 2.30. The number of aliphatic hydroxyl groups is 1. The Kier molecular flexibility index (Phi) is 5.76. The average molecular weight is 434 g/mol. The largest absolute Gasteiger partial charge is 0.395 e. The van der Waals surface area contributed by atoms with Crippen LogP contribution in [0.15, 0.2) is 45.0 Å². The van der Waals surface area contributed by atoms with E-state index < -0.39 is 5.92 Å². The number of nitrogens with one attached hydrogen (secondary N) is 1. The van der Waals surface area contributed by atoms with Crippen LogP contribution in [0, 0.1) is 12.8 Å². The van der Waals surface area contributed by atoms with Gasteiger partial charge < -0.3 is 19.8 Å². The lowest BCUT2D eigenvalue weighted by Crippen LogP contribution is -2.34. The number of benzene rings is 1. The molecule has 2 heterocycles. The number of amides is 1. The number of carbonyl (C=O) groups is 2. The first-order chi connectivity index (χ1) is 12.9. The van der Waals surface area contributed by atoms with Gasteiger partial charge in [0, 0.05) is 30.2 Å². The summed E-state index contributed by atoms with van der Waals surface area (Å²) in [6.07, 6.45) is 1.64. The summed E-state index contributed by atoms with van der Waals surface area (Å²) in [7, 11) is 1.60. The Morgan fingerprint density at radius 1 is 1.37 bits per heavy atom. The van der Waals surface area contributed by atoms with Gasteiger partial charge in [0.2, 0.25) is 0 Å². The predicted molar refractivity (Wildman–Crippen MR) is 103 cm³/mol. The Bertz CT molecular complexity index is 889. The molecule has 1 aromatic carbocycles. The lowest BCUT2D eigenvalue weighted by Gasteiger charge is -2.16. The van der Waals surface area contributed by atoms with E-state index in [0.717, 1.165) is 10.0 Å². The standard InChI is InChI=1S/C19H20BrN3O4/c1-11-16(17(22-27-11)12-3-5-14(20)6-4-12)18(25)13-9-15(21-10-13)19(26)23(2)7-8-24/h3-6,9,13,21,24H,7-8,10H2,1-2H3. The topological polar surface area (TPSA) is 95.7 Å². The first kappa shape index (κ1) is 19.3. The lowest BCUT2D eigenvalue weighted by molar-refractivity contribution is -0.126. The van der Waals surface area contributed by atoms with E-state index in [1.165, 1.54) is 4.90 Å². The van der Waals surface area contributed by atoms with Crippen molar-refractivity contribution >= 4 is 27.6 Å². The third kappa shape index (κ3) is 3.96. The van der Waals surface area contributed by atoms with E-state index >= 15 is 0 Å². The SMILES string of the molecule is Cc1onc(-c2ccc(Br)cc2)c1C(=O)C1C=C(C(=O)N(C)CCO)NC1. The minimum Gasteiger partial charge on any atom is -0.395 e. The molecule has 0 radical (unpaired) electrons. The van der Waals surface area contributed by atoms with Gasteiger partial charge in [-0.25, -0.2) is 0 Å². The second-order valence-electron chi connectivity index (χ2n) is 6.35. The van der Waals surface area contributed by atoms with Gasteiger partial charge in [-0.15, -0.1) is 0 Å². The maximum absolute atomic E-state index is 13.1. The number of aromatic nitrogens is 1. The molecule has 0 saturated heterocycles. The summed E-state index contributed by atoms with van der Waals surface area (Å²) < 4.78 is 6.21. The van der Waals surface area contributed by atoms with Crippen molar-refractivity contribution in [2.24, 2.45) is 5.92 Å². The van der Waals surface area contributed by atoms with E-state index in [2.05, 4.69) is 26.4 Å². The average Bonchev–Trinajstić information content (AvgIpc) is 3.28. The molecule has 0 spiro atoms. The number of likely N-dealkylation sites (N-methyl/N-ethyl adjacent to an activating group) is 1. The zero-order chi connectivity index (χ0) is 19.6. The van der Waals surface area contributed by atoms with Gasteiger partial charge in [-0.1, -0.05) is 33.2 Å². The number of aryl methyl sites for hydroxylation is 1. The van der Waals surface area contributed by atoms with Crippen molar-refractivity contribution in [2.45, 2.75) is 6.92 Å². The summed E-state index contributed by atoms with van der Waals surface area (Å²) in [5.74, 6) is -0.441. The Morgan fingerprint density at radius 3 is 2.74 bits per heavy atom. The summed E-state index contributed by atoms with van der Waals surface area (Å²) >= 11 is 3.39. The van der Waals surface area contributed by atoms with Crippen molar-refractivity contribution in [2.75, 3.05) is 26.7 Å². The summed E-state index contributed by atoms with van der Waals surface area (Å²) in [5, 5.41) is 16.0. The molecule has 8 heteroatoms. The summed E-state index contributed by atoms with van der Waals surface area (Å²) in [6, 6.07) is 7.47. The molecular weight excluding hydrogens is 414 g/mol. The van der Waals surface area contributed by atoms with Gasteiger partial charge in [0.15, 0.2) is 5.78 Å². The summed E-state index contributed by atoms with van der Waals surface area (Å²) in [5.41, 5.74) is 2.07. The van der Waals surface area contributed by atoms with Crippen LogP contribution in [-0.4, -0.2) is 53.6 Å². The van der Waals surface area contributed by atoms with Gasteiger partial charge in [-0.05, 0) is 25.1 Å². The molecule has 1 aliphatic heterocycles. The van der Waals surface area contributed by atoms with E-state index in [4.69, 9.17) is 9.63 Å². The molecule has 0 bridgehead atoms. The molecule has 1 amide bonds. The van der Waals surface area contributed by atoms with Gasteiger partial charge in [0.1, 0.15) is 11.5 Å². The van der Waals surface area contributed by atoms with Crippen LogP contribution in [0.1, 0.15) is 16.1 Å². The molecule has 142 valence electrons. The van der Waals surface area contributed by atoms with Gasteiger partial charge >= 0.3 is 0 Å². The van der Waals surface area contributed by atoms with Crippen LogP contribution in [0.5, 0.6) is 0 Å². The lowest BCUT2D eigenvalue weighted by atomic mass is 9.94. The second-order valence-corrected chi connectivity index (χ2v) is 7.27. The highest BCUT2D eigenvalue weighted by atomic mass is 79.9. The molecule has 27 heavy (non-hydrogen) atoms. The maximum atomic E-state index is 13.1. The molecule has 3 rings (SSSR count). The molecule has 2 aromatic rings. The number of aliphatic hydroxyl groups excluding tert-OH is 1. The molecule has 0 saturated carbocycles. The zero-order valence-corrected chi connectivity index (χ0v) is 16.6.